The molecular formula is C75H157N7O5S2. The highest BCUT2D eigenvalue weighted by molar-refractivity contribution is 8.06. The van der Waals surface area contributed by atoms with Crippen LogP contribution in [0.4, 0.5) is 0 Å². The van der Waals surface area contributed by atoms with Gasteiger partial charge in [-0.25, -0.2) is 0 Å². The van der Waals surface area contributed by atoms with Crippen LogP contribution in [0.3, 0.4) is 0 Å². The summed E-state index contributed by atoms with van der Waals surface area (Å²) in [6, 6.07) is 2.01. The molecule has 9 aliphatic heterocycles. The molecule has 1 aliphatic carbocycles. The number of thioether (sulfide) groups is 2. The summed E-state index contributed by atoms with van der Waals surface area (Å²) in [4.78, 5) is 4.97. The van der Waals surface area contributed by atoms with E-state index >= 15 is 0 Å². The molecule has 14 heteroatoms. The molecule has 0 aromatic carbocycles. The van der Waals surface area contributed by atoms with E-state index in [4.69, 9.17) is 23.7 Å². The molecule has 12 nitrogen and oxygen atoms in total. The van der Waals surface area contributed by atoms with Crippen LogP contribution in [0.5, 0.6) is 0 Å². The fraction of sp³-hybridized carbons (Fsp3) is 1.00. The fourth-order valence-corrected chi connectivity index (χ4v) is 13.2. The maximum absolute atomic E-state index is 5.52. The van der Waals surface area contributed by atoms with E-state index in [0.717, 1.165) is 121 Å². The number of hydrogen-bond acceptors (Lipinski definition) is 14. The van der Waals surface area contributed by atoms with E-state index in [1.54, 1.807) is 0 Å². The van der Waals surface area contributed by atoms with Crippen molar-refractivity contribution in [1.82, 2.24) is 36.4 Å². The zero-order valence-electron chi connectivity index (χ0n) is 65.0. The van der Waals surface area contributed by atoms with Crippen molar-refractivity contribution in [1.29, 1.82) is 0 Å². The van der Waals surface area contributed by atoms with Crippen molar-refractivity contribution in [2.75, 3.05) is 124 Å². The first-order chi connectivity index (χ1) is 40.6. The van der Waals surface area contributed by atoms with E-state index in [1.165, 1.54) is 76.8 Å². The molecule has 10 rings (SSSR count). The number of nitrogens with one attached hydrogen (secondary N) is 5. The van der Waals surface area contributed by atoms with Gasteiger partial charge >= 0.3 is 0 Å². The zero-order chi connectivity index (χ0) is 68.4. The predicted molar refractivity (Wildman–Crippen MR) is 394 cm³/mol. The van der Waals surface area contributed by atoms with Gasteiger partial charge in [-0.3, -0.25) is 15.1 Å². The summed E-state index contributed by atoms with van der Waals surface area (Å²) in [7, 11) is 0. The van der Waals surface area contributed by atoms with Crippen molar-refractivity contribution in [2.24, 2.45) is 55.2 Å². The molecule has 1 saturated carbocycles. The van der Waals surface area contributed by atoms with Gasteiger partial charge in [-0.1, -0.05) is 166 Å². The van der Waals surface area contributed by atoms with Gasteiger partial charge in [-0.05, 0) is 161 Å². The number of ether oxygens (including phenoxy) is 5. The van der Waals surface area contributed by atoms with Crippen LogP contribution in [-0.4, -0.2) is 179 Å². The largest absolute Gasteiger partial charge is 0.381 e. The van der Waals surface area contributed by atoms with Crippen molar-refractivity contribution in [3.8, 4) is 0 Å². The van der Waals surface area contributed by atoms with Crippen LogP contribution in [0.15, 0.2) is 0 Å². The summed E-state index contributed by atoms with van der Waals surface area (Å²) in [5, 5.41) is 18.4. The lowest BCUT2D eigenvalue weighted by atomic mass is 9.76. The number of hydrogen-bond donors (Lipinski definition) is 5. The Morgan fingerprint density at radius 2 is 0.809 bits per heavy atom. The summed E-state index contributed by atoms with van der Waals surface area (Å²) >= 11 is 4.00. The van der Waals surface area contributed by atoms with Gasteiger partial charge in [0.2, 0.25) is 0 Å². The van der Waals surface area contributed by atoms with Crippen LogP contribution in [0.2, 0.25) is 0 Å². The van der Waals surface area contributed by atoms with Gasteiger partial charge in [0, 0.05) is 111 Å². The van der Waals surface area contributed by atoms with Crippen LogP contribution in [0, 0.1) is 55.2 Å². The highest BCUT2D eigenvalue weighted by Gasteiger charge is 2.36. The molecule has 9 heterocycles. The van der Waals surface area contributed by atoms with Crippen molar-refractivity contribution in [3.05, 3.63) is 0 Å². The smallest absolute Gasteiger partial charge is 0.0969 e. The summed E-state index contributed by atoms with van der Waals surface area (Å²) < 4.78 is 26.5. The fourth-order valence-electron chi connectivity index (χ4n) is 11.1. The Balaban J connectivity index is 0.000000495. The minimum absolute atomic E-state index is 0.323. The Hall–Kier alpha value is 0.220. The quantitative estimate of drug-likeness (QED) is 0.148. The summed E-state index contributed by atoms with van der Waals surface area (Å²) in [6.07, 6.45) is 11.1. The van der Waals surface area contributed by atoms with E-state index in [2.05, 4.69) is 256 Å². The van der Waals surface area contributed by atoms with Crippen molar-refractivity contribution in [2.45, 2.75) is 305 Å². The van der Waals surface area contributed by atoms with Gasteiger partial charge < -0.3 is 45.0 Å². The maximum atomic E-state index is 5.52. The summed E-state index contributed by atoms with van der Waals surface area (Å²) in [5.74, 6) is 4.21. The topological polar surface area (TPSA) is 113 Å². The number of nitrogens with zero attached hydrogens (tertiary/aromatic N) is 2. The molecule has 10 fully saturated rings. The second-order valence-corrected chi connectivity index (χ2v) is 39.9. The second kappa shape index (κ2) is 40.2. The lowest BCUT2D eigenvalue weighted by Crippen LogP contribution is -2.51. The average Bonchev–Trinajstić information content (AvgIpc) is 2.99. The standard InChI is InChI=1S/C9H18O.2C8H18N2.C8H17NO.C8H16O.C7H15NO.C7H15N.C7H14OS.C7H14.C6H12S/c1-9(2,3)8-4-6-10-7-5-8;1-8(2,3)10-6-4-9-5-7-10;1-8(2,3)7-4-5-9-6-10-7;1-8(2,3)9-4-6-10-7-5-9;1-8(2,3)7-5-4-6-9-7;1-7(2,3)6-4-9-5-8-6;1-7(2,3)6-4-5-8-6;1-7(2,3)6-4-8-5-9-6;1-7(2,3)6-4-5-6;1-6(2,3)5-4-7-5/h8H,4-7H2,1-3H3;9H,4-7H2,1-3H3;7,9-10H,4-6H2,1-3H3;4-7H2,1-3H3;7H,4-6H2,1-3H3;6,8H,4-5H2,1-3H3;6,8H,4-5H2,1-3H3;6H,4-5H2,1-3H3;6H,4-5H2,1-3H3;5H,4H2,1-3H3. The molecule has 10 aliphatic rings. The molecule has 0 amide bonds. The van der Waals surface area contributed by atoms with Gasteiger partial charge in [0.25, 0.3) is 0 Å². The first kappa shape index (κ1) is 87.2. The first-order valence-corrected chi connectivity index (χ1v) is 37.9. The van der Waals surface area contributed by atoms with E-state index in [1.807, 2.05) is 11.8 Å². The van der Waals surface area contributed by atoms with Gasteiger partial charge in [0.15, 0.2) is 0 Å². The molecule has 89 heavy (non-hydrogen) atoms. The molecule has 6 atom stereocenters. The van der Waals surface area contributed by atoms with Gasteiger partial charge in [0.1, 0.15) is 0 Å². The Morgan fingerprint density at radius 3 is 1.01 bits per heavy atom. The van der Waals surface area contributed by atoms with Crippen LogP contribution < -0.4 is 26.6 Å². The van der Waals surface area contributed by atoms with E-state index in [-0.39, 0.29) is 0 Å². The van der Waals surface area contributed by atoms with E-state index in [0.29, 0.717) is 77.8 Å². The summed E-state index contributed by atoms with van der Waals surface area (Å²) in [5.41, 5.74) is 4.38. The third-order valence-electron chi connectivity index (χ3n) is 18.8. The number of piperazine rings is 1. The SMILES string of the molecule is CC(C)(C)C1CC1.CC(C)(C)C1CCCO1.CC(C)(C)C1CCN1.CC(C)(C)C1CCNCN1.CC(C)(C)C1CCOCC1.CC(C)(C)C1COCN1.CC(C)(C)C1COCS1.CC(C)(C)C1CS1.CC(C)(C)N1CCNCC1.CC(C)(C)N1CCOCC1. The van der Waals surface area contributed by atoms with E-state index in [9.17, 15) is 0 Å². The van der Waals surface area contributed by atoms with Crippen molar-refractivity contribution >= 4 is 23.5 Å². The van der Waals surface area contributed by atoms with Gasteiger partial charge in [0.05, 0.1) is 45.2 Å². The third kappa shape index (κ3) is 41.8. The molecule has 6 unspecified atom stereocenters. The molecule has 0 radical (unpaired) electrons. The molecule has 5 N–H and O–H groups in total. The molecular weight excluding hydrogens is 1140 g/mol. The van der Waals surface area contributed by atoms with Crippen molar-refractivity contribution < 1.29 is 23.7 Å². The highest BCUT2D eigenvalue weighted by Crippen LogP contribution is 2.45. The predicted octanol–water partition coefficient (Wildman–Crippen LogP) is 16.5. The highest BCUT2D eigenvalue weighted by atomic mass is 32.2. The lowest BCUT2D eigenvalue weighted by molar-refractivity contribution is -0.00389. The molecule has 0 aromatic rings. The molecule has 0 spiro atoms. The minimum Gasteiger partial charge on any atom is -0.381 e. The first-order valence-electron chi connectivity index (χ1n) is 35.8. The van der Waals surface area contributed by atoms with Crippen LogP contribution >= 0.6 is 23.5 Å². The molecule has 534 valence electrons. The maximum Gasteiger partial charge on any atom is 0.0969 e. The molecule has 9 saturated heterocycles. The van der Waals surface area contributed by atoms with Crippen LogP contribution in [-0.2, 0) is 23.7 Å². The van der Waals surface area contributed by atoms with Crippen molar-refractivity contribution in [3.63, 3.8) is 0 Å². The normalized spacial score (nSPS) is 26.6. The Kier molecular flexibility index (Phi) is 39.4. The van der Waals surface area contributed by atoms with Gasteiger partial charge in [-0.15, -0.1) is 11.8 Å². The third-order valence-corrected chi connectivity index (χ3v) is 21.7. The monoisotopic (exact) mass is 1300 g/mol. The number of rotatable bonds is 0. The minimum atomic E-state index is 0.323. The lowest BCUT2D eigenvalue weighted by Gasteiger charge is -2.38. The van der Waals surface area contributed by atoms with E-state index < -0.39 is 0 Å². The molecule has 0 bridgehead atoms. The Labute approximate surface area is 564 Å². The van der Waals surface area contributed by atoms with Gasteiger partial charge in [-0.2, -0.15) is 11.8 Å². The Morgan fingerprint density at radius 1 is 0.348 bits per heavy atom. The average molecular weight is 1300 g/mol. The summed E-state index contributed by atoms with van der Waals surface area (Å²) in [6.45, 7) is 85.8. The second-order valence-electron chi connectivity index (χ2n) is 37.5. The Bertz CT molecular complexity index is 1540. The van der Waals surface area contributed by atoms with Crippen LogP contribution in [0.25, 0.3) is 0 Å². The van der Waals surface area contributed by atoms with Crippen LogP contribution in [0.1, 0.15) is 259 Å². The zero-order valence-corrected chi connectivity index (χ0v) is 66.6. The number of morpholine rings is 1. The molecule has 0 aromatic heterocycles.